The lowest BCUT2D eigenvalue weighted by Gasteiger charge is -2.28. The Morgan fingerprint density at radius 3 is 2.56 bits per heavy atom. The molecule has 1 unspecified atom stereocenters. The molecule has 0 fully saturated rings. The summed E-state index contributed by atoms with van der Waals surface area (Å²) in [4.78, 5) is 35.0. The lowest BCUT2D eigenvalue weighted by molar-refractivity contribution is -0.384. The number of rotatable bonds is 4. The number of non-ortho nitro benzene ring substituents is 1. The molecule has 0 bridgehead atoms. The molecule has 0 saturated heterocycles. The van der Waals surface area contributed by atoms with Crippen molar-refractivity contribution in [3.05, 3.63) is 80.0 Å². The molecule has 3 N–H and O–H groups in total. The van der Waals surface area contributed by atoms with Gasteiger partial charge < -0.3 is 16.0 Å². The number of allylic oxidation sites excluding steroid dienone is 1. The van der Waals surface area contributed by atoms with E-state index in [1.165, 1.54) is 24.3 Å². The quantitative estimate of drug-likeness (QED) is 0.507. The third-order valence-electron chi connectivity index (χ3n) is 4.03. The molecule has 1 atom stereocenters. The van der Waals surface area contributed by atoms with E-state index >= 15 is 0 Å². The maximum absolute atomic E-state index is 12.9. The molecule has 0 aliphatic carbocycles. The zero-order chi connectivity index (χ0) is 19.6. The largest absolute Gasteiger partial charge is 0.327 e. The van der Waals surface area contributed by atoms with E-state index in [9.17, 15) is 19.7 Å². The third-order valence-corrected chi connectivity index (χ3v) is 4.53. The van der Waals surface area contributed by atoms with E-state index in [1.54, 1.807) is 6.92 Å². The van der Waals surface area contributed by atoms with Crippen molar-refractivity contribution in [2.75, 3.05) is 5.32 Å². The van der Waals surface area contributed by atoms with Gasteiger partial charge in [0.25, 0.3) is 11.6 Å². The Labute approximate surface area is 162 Å². The van der Waals surface area contributed by atoms with Crippen molar-refractivity contribution in [2.24, 2.45) is 0 Å². The van der Waals surface area contributed by atoms with Crippen molar-refractivity contribution < 1.29 is 14.5 Å². The summed E-state index contributed by atoms with van der Waals surface area (Å²) in [7, 11) is 0. The van der Waals surface area contributed by atoms with Gasteiger partial charge in [0.1, 0.15) is 0 Å². The van der Waals surface area contributed by atoms with Crippen LogP contribution in [0.4, 0.5) is 16.2 Å². The van der Waals surface area contributed by atoms with Crippen LogP contribution in [-0.4, -0.2) is 16.9 Å². The number of hydrogen-bond acceptors (Lipinski definition) is 4. The predicted molar refractivity (Wildman–Crippen MR) is 103 cm³/mol. The maximum Gasteiger partial charge on any atom is 0.319 e. The normalized spacial score (nSPS) is 16.4. The first kappa shape index (κ1) is 18.6. The van der Waals surface area contributed by atoms with E-state index in [2.05, 4.69) is 31.9 Å². The molecule has 2 aromatic carbocycles. The zero-order valence-electron chi connectivity index (χ0n) is 14.2. The second-order valence-electron chi connectivity index (χ2n) is 5.88. The number of halogens is 1. The Kier molecular flexibility index (Phi) is 5.22. The number of amides is 3. The molecule has 27 heavy (non-hydrogen) atoms. The number of benzene rings is 2. The second-order valence-corrected chi connectivity index (χ2v) is 6.80. The summed E-state index contributed by atoms with van der Waals surface area (Å²) in [5, 5.41) is 18.8. The van der Waals surface area contributed by atoms with E-state index in [4.69, 9.17) is 0 Å². The first-order valence-electron chi connectivity index (χ1n) is 7.94. The highest BCUT2D eigenvalue weighted by Crippen LogP contribution is 2.29. The fraction of sp³-hybridized carbons (Fsp3) is 0.111. The van der Waals surface area contributed by atoms with Gasteiger partial charge in [-0.3, -0.25) is 14.9 Å². The number of nitrogens with one attached hydrogen (secondary N) is 3. The van der Waals surface area contributed by atoms with Gasteiger partial charge in [0.2, 0.25) is 0 Å². The van der Waals surface area contributed by atoms with Crippen LogP contribution in [0.3, 0.4) is 0 Å². The minimum absolute atomic E-state index is 0.0676. The number of nitro benzene ring substituents is 1. The molecule has 1 aliphatic heterocycles. The fourth-order valence-electron chi connectivity index (χ4n) is 2.80. The number of carbonyl (C=O) groups is 2. The highest BCUT2D eigenvalue weighted by atomic mass is 79.9. The average Bonchev–Trinajstić information content (AvgIpc) is 2.61. The molecule has 8 nitrogen and oxygen atoms in total. The molecule has 1 aliphatic rings. The Balaban J connectivity index is 1.90. The molecule has 0 radical (unpaired) electrons. The monoisotopic (exact) mass is 430 g/mol. The van der Waals surface area contributed by atoms with Gasteiger partial charge in [0, 0.05) is 28.0 Å². The Morgan fingerprint density at radius 2 is 1.93 bits per heavy atom. The van der Waals surface area contributed by atoms with Crippen molar-refractivity contribution in [2.45, 2.75) is 13.0 Å². The summed E-state index contributed by atoms with van der Waals surface area (Å²) in [6.45, 7) is 1.65. The first-order chi connectivity index (χ1) is 12.8. The van der Waals surface area contributed by atoms with E-state index < -0.39 is 22.9 Å². The van der Waals surface area contributed by atoms with Crippen LogP contribution >= 0.6 is 15.9 Å². The Morgan fingerprint density at radius 1 is 1.22 bits per heavy atom. The number of urea groups is 1. The highest BCUT2D eigenvalue weighted by Gasteiger charge is 2.31. The van der Waals surface area contributed by atoms with Crippen molar-refractivity contribution in [3.8, 4) is 0 Å². The van der Waals surface area contributed by atoms with Gasteiger partial charge in [-0.2, -0.15) is 0 Å². The molecule has 0 spiro atoms. The zero-order valence-corrected chi connectivity index (χ0v) is 15.7. The third kappa shape index (κ3) is 4.14. The molecule has 9 heteroatoms. The summed E-state index contributed by atoms with van der Waals surface area (Å²) in [5.74, 6) is -0.418. The van der Waals surface area contributed by atoms with Gasteiger partial charge in [0.05, 0.1) is 16.5 Å². The molecule has 138 valence electrons. The molecular weight excluding hydrogens is 416 g/mol. The van der Waals surface area contributed by atoms with Gasteiger partial charge in [-0.1, -0.05) is 28.1 Å². The minimum Gasteiger partial charge on any atom is -0.327 e. The Hall–Kier alpha value is -3.20. The summed E-state index contributed by atoms with van der Waals surface area (Å²) >= 11 is 3.39. The molecule has 1 heterocycles. The SMILES string of the molecule is CC1=C(C(=O)Nc2ccc([N+](=O)[O-])cc2)C(c2cccc(Br)c2)NC(=O)N1. The van der Waals surface area contributed by atoms with E-state index in [0.717, 1.165) is 10.0 Å². The highest BCUT2D eigenvalue weighted by molar-refractivity contribution is 9.10. The van der Waals surface area contributed by atoms with Gasteiger partial charge >= 0.3 is 6.03 Å². The number of nitro groups is 1. The maximum atomic E-state index is 12.9. The number of carbonyl (C=O) groups excluding carboxylic acids is 2. The molecule has 2 aromatic rings. The molecule has 0 saturated carbocycles. The second kappa shape index (κ2) is 7.58. The summed E-state index contributed by atoms with van der Waals surface area (Å²) in [5.41, 5.74) is 1.87. The van der Waals surface area contributed by atoms with Crippen LogP contribution in [0.25, 0.3) is 0 Å². The number of hydrogen-bond donors (Lipinski definition) is 3. The van der Waals surface area contributed by atoms with Gasteiger partial charge in [-0.25, -0.2) is 4.79 Å². The van der Waals surface area contributed by atoms with Gasteiger partial charge in [0.15, 0.2) is 0 Å². The van der Waals surface area contributed by atoms with Crippen LogP contribution < -0.4 is 16.0 Å². The molecule has 3 amide bonds. The molecule has 0 aromatic heterocycles. The smallest absolute Gasteiger partial charge is 0.319 e. The Bertz CT molecular complexity index is 956. The predicted octanol–water partition coefficient (Wildman–Crippen LogP) is 3.62. The van der Waals surface area contributed by atoms with Crippen molar-refractivity contribution in [1.82, 2.24) is 10.6 Å². The summed E-state index contributed by atoms with van der Waals surface area (Å²) in [6.07, 6.45) is 0. The van der Waals surface area contributed by atoms with Crippen LogP contribution in [0.15, 0.2) is 64.3 Å². The molecular formula is C18H15BrN4O4. The lowest BCUT2D eigenvalue weighted by atomic mass is 9.95. The number of nitrogens with zero attached hydrogens (tertiary/aromatic N) is 1. The fourth-order valence-corrected chi connectivity index (χ4v) is 3.21. The van der Waals surface area contributed by atoms with Crippen LogP contribution in [0.5, 0.6) is 0 Å². The first-order valence-corrected chi connectivity index (χ1v) is 8.74. The van der Waals surface area contributed by atoms with Crippen LogP contribution in [0, 0.1) is 10.1 Å². The number of anilines is 1. The molecule has 3 rings (SSSR count). The lowest BCUT2D eigenvalue weighted by Crippen LogP contribution is -2.45. The summed E-state index contributed by atoms with van der Waals surface area (Å²) < 4.78 is 0.820. The summed E-state index contributed by atoms with van der Waals surface area (Å²) in [6, 6.07) is 11.8. The minimum atomic E-state index is -0.630. The van der Waals surface area contributed by atoms with E-state index in [-0.39, 0.29) is 5.69 Å². The van der Waals surface area contributed by atoms with E-state index in [1.807, 2.05) is 24.3 Å². The van der Waals surface area contributed by atoms with E-state index in [0.29, 0.717) is 17.0 Å². The van der Waals surface area contributed by atoms with Crippen LogP contribution in [0.2, 0.25) is 0 Å². The van der Waals surface area contributed by atoms with Crippen molar-refractivity contribution in [1.29, 1.82) is 0 Å². The van der Waals surface area contributed by atoms with Crippen molar-refractivity contribution >= 4 is 39.2 Å². The van der Waals surface area contributed by atoms with Gasteiger partial charge in [-0.15, -0.1) is 0 Å². The van der Waals surface area contributed by atoms with Gasteiger partial charge in [-0.05, 0) is 36.8 Å². The van der Waals surface area contributed by atoms with Crippen molar-refractivity contribution in [3.63, 3.8) is 0 Å². The average molecular weight is 431 g/mol. The topological polar surface area (TPSA) is 113 Å². The van der Waals surface area contributed by atoms with Crippen LogP contribution in [-0.2, 0) is 4.79 Å². The van der Waals surface area contributed by atoms with Crippen LogP contribution in [0.1, 0.15) is 18.5 Å². The standard InChI is InChI=1S/C18H15BrN4O4/c1-10-15(17(24)21-13-5-7-14(8-6-13)23(26)27)16(22-18(25)20-10)11-3-2-4-12(19)9-11/h2-9,16H,1H3,(H,21,24)(H2,20,22,25).